The topological polar surface area (TPSA) is 69.9 Å². The van der Waals surface area contributed by atoms with Crippen molar-refractivity contribution in [1.82, 2.24) is 14.8 Å². The molecule has 27 heavy (non-hydrogen) atoms. The van der Waals surface area contributed by atoms with Gasteiger partial charge >= 0.3 is 5.95 Å². The highest BCUT2D eigenvalue weighted by Gasteiger charge is 2.45. The molecule has 1 aromatic carbocycles. The van der Waals surface area contributed by atoms with Gasteiger partial charge in [0.2, 0.25) is 12.0 Å². The first-order valence-electron chi connectivity index (χ1n) is 9.60. The van der Waals surface area contributed by atoms with E-state index in [-0.39, 0.29) is 11.9 Å². The van der Waals surface area contributed by atoms with Crippen molar-refractivity contribution in [2.45, 2.75) is 59.2 Å². The number of aromatic nitrogens is 3. The minimum absolute atomic E-state index is 0.244. The van der Waals surface area contributed by atoms with Crippen LogP contribution in [0.1, 0.15) is 57.6 Å². The number of rotatable bonds is 6. The Bertz CT molecular complexity index is 919. The van der Waals surface area contributed by atoms with Crippen LogP contribution in [0.3, 0.4) is 0 Å². The summed E-state index contributed by atoms with van der Waals surface area (Å²) in [4.78, 5) is 4.91. The predicted molar refractivity (Wildman–Crippen MR) is 107 cm³/mol. The van der Waals surface area contributed by atoms with E-state index in [1.54, 1.807) is 17.8 Å². The Morgan fingerprint density at radius 1 is 1.19 bits per heavy atom. The van der Waals surface area contributed by atoms with Gasteiger partial charge in [0.25, 0.3) is 5.17 Å². The number of benzene rings is 1. The minimum atomic E-state index is -0.335. The lowest BCUT2D eigenvalue weighted by molar-refractivity contribution is -0.692. The van der Waals surface area contributed by atoms with Gasteiger partial charge in [-0.2, -0.15) is 10.1 Å². The fourth-order valence-corrected chi connectivity index (χ4v) is 4.26. The molecule has 0 bridgehead atoms. The molecular weight excluding hydrogens is 360 g/mol. The molecule has 0 amide bonds. The first kappa shape index (κ1) is 18.0. The maximum absolute atomic E-state index is 10.5. The lowest BCUT2D eigenvalue weighted by Gasteiger charge is -2.25. The van der Waals surface area contributed by atoms with Gasteiger partial charge in [-0.1, -0.05) is 55.1 Å². The van der Waals surface area contributed by atoms with Crippen LogP contribution in [0.2, 0.25) is 0 Å². The quantitative estimate of drug-likeness (QED) is 0.772. The average Bonchev–Trinajstić information content (AvgIpc) is 3.25. The van der Waals surface area contributed by atoms with Gasteiger partial charge in [0.15, 0.2) is 0 Å². The van der Waals surface area contributed by atoms with Gasteiger partial charge in [-0.05, 0) is 35.8 Å². The molecular formula is C19H25N6OS+. The fraction of sp³-hybridized carbons (Fsp3) is 0.474. The van der Waals surface area contributed by atoms with Crippen LogP contribution >= 0.6 is 11.8 Å². The Morgan fingerprint density at radius 2 is 2.00 bits per heavy atom. The molecule has 4 rings (SSSR count). The summed E-state index contributed by atoms with van der Waals surface area (Å²) >= 11 is 1.60. The zero-order chi connectivity index (χ0) is 19.0. The van der Waals surface area contributed by atoms with Crippen LogP contribution < -0.4 is 4.57 Å². The van der Waals surface area contributed by atoms with Crippen molar-refractivity contribution in [3.8, 4) is 5.75 Å². The monoisotopic (exact) mass is 385 g/mol. The Balaban J connectivity index is 1.90. The van der Waals surface area contributed by atoms with Gasteiger partial charge in [0, 0.05) is 6.42 Å². The molecule has 1 N–H and O–H groups in total. The Labute approximate surface area is 163 Å². The number of hydrazone groups is 1. The van der Waals surface area contributed by atoms with Crippen molar-refractivity contribution >= 4 is 27.9 Å². The number of phenolic OH excluding ortho intramolecular Hbond substituents is 1. The number of phenols is 1. The highest BCUT2D eigenvalue weighted by Crippen LogP contribution is 2.40. The largest absolute Gasteiger partial charge is 0.507 e. The van der Waals surface area contributed by atoms with E-state index in [9.17, 15) is 5.11 Å². The second-order valence-corrected chi connectivity index (χ2v) is 7.68. The highest BCUT2D eigenvalue weighted by molar-refractivity contribution is 8.26. The number of hydrogen-bond donors (Lipinski definition) is 1. The molecule has 0 fully saturated rings. The molecule has 0 saturated heterocycles. The number of para-hydroxylation sites is 1. The summed E-state index contributed by atoms with van der Waals surface area (Å²) in [5, 5.41) is 23.9. The smallest absolute Gasteiger partial charge is 0.387 e. The molecule has 0 saturated carbocycles. The number of nitrogens with zero attached hydrogens (tertiary/aromatic N) is 6. The van der Waals surface area contributed by atoms with Crippen LogP contribution in [0, 0.1) is 0 Å². The van der Waals surface area contributed by atoms with Crippen LogP contribution in [0.5, 0.6) is 5.75 Å². The standard InChI is InChI=1S/C19H24N6OS/c1-4-7-12-23-15(5-2)21-24-17(13-10-8-9-11-14(13)26)25-19(20-18(23)24)27-16(6-3)22-25/h8-11,17H,4-7,12H2,1-3H3/p+1. The third kappa shape index (κ3) is 3.01. The average molecular weight is 386 g/mol. The van der Waals surface area contributed by atoms with Gasteiger partial charge in [-0.15, -0.1) is 0 Å². The fourth-order valence-electron chi connectivity index (χ4n) is 3.41. The molecule has 2 aliphatic rings. The van der Waals surface area contributed by atoms with Crippen molar-refractivity contribution in [1.29, 1.82) is 0 Å². The van der Waals surface area contributed by atoms with Crippen molar-refractivity contribution in [2.75, 3.05) is 0 Å². The summed E-state index contributed by atoms with van der Waals surface area (Å²) in [5.74, 6) is 2.09. The molecule has 2 aromatic rings. The summed E-state index contributed by atoms with van der Waals surface area (Å²) in [6, 6.07) is 7.41. The third-order valence-electron chi connectivity index (χ3n) is 4.83. The maximum Gasteiger partial charge on any atom is 0.387 e. The number of fused-ring (bicyclic) bond motifs is 2. The highest BCUT2D eigenvalue weighted by atomic mass is 32.2. The molecule has 0 spiro atoms. The van der Waals surface area contributed by atoms with E-state index >= 15 is 0 Å². The van der Waals surface area contributed by atoms with Crippen LogP contribution in [0.15, 0.2) is 34.4 Å². The van der Waals surface area contributed by atoms with Crippen molar-refractivity contribution < 1.29 is 9.67 Å². The van der Waals surface area contributed by atoms with Gasteiger partial charge in [0.1, 0.15) is 10.8 Å². The number of hydrogen-bond acceptors (Lipinski definition) is 6. The Hall–Kier alpha value is -2.35. The molecule has 7 nitrogen and oxygen atoms in total. The number of aryl methyl sites for hydroxylation is 1. The van der Waals surface area contributed by atoms with E-state index in [1.807, 2.05) is 27.9 Å². The number of aliphatic imine (C=N–C) groups is 1. The van der Waals surface area contributed by atoms with Gasteiger partial charge < -0.3 is 5.11 Å². The minimum Gasteiger partial charge on any atom is -0.507 e. The summed E-state index contributed by atoms with van der Waals surface area (Å²) in [6.45, 7) is 7.29. The normalized spacial score (nSPS) is 18.2. The third-order valence-corrected chi connectivity index (χ3v) is 5.90. The van der Waals surface area contributed by atoms with E-state index in [2.05, 4.69) is 25.3 Å². The molecule has 2 aliphatic heterocycles. The van der Waals surface area contributed by atoms with E-state index in [0.29, 0.717) is 0 Å². The summed E-state index contributed by atoms with van der Waals surface area (Å²) in [7, 11) is 0. The maximum atomic E-state index is 10.5. The molecule has 0 radical (unpaired) electrons. The predicted octanol–water partition coefficient (Wildman–Crippen LogP) is 3.56. The molecule has 0 aliphatic carbocycles. The molecule has 1 atom stereocenters. The van der Waals surface area contributed by atoms with E-state index in [1.165, 1.54) is 0 Å². The first-order valence-corrected chi connectivity index (χ1v) is 10.4. The molecule has 1 unspecified atom stereocenters. The Kier molecular flexibility index (Phi) is 4.90. The summed E-state index contributed by atoms with van der Waals surface area (Å²) in [5.41, 5.74) is 0.778. The molecule has 142 valence electrons. The van der Waals surface area contributed by atoms with Crippen molar-refractivity contribution in [3.05, 3.63) is 35.7 Å². The zero-order valence-corrected chi connectivity index (χ0v) is 16.8. The molecule has 3 heterocycles. The second-order valence-electron chi connectivity index (χ2n) is 6.64. The molecule has 1 aromatic heterocycles. The van der Waals surface area contributed by atoms with E-state index in [0.717, 1.165) is 59.8 Å². The lowest BCUT2D eigenvalue weighted by atomic mass is 10.1. The zero-order valence-electron chi connectivity index (χ0n) is 16.0. The van der Waals surface area contributed by atoms with Gasteiger partial charge in [0.05, 0.1) is 12.1 Å². The van der Waals surface area contributed by atoms with Gasteiger partial charge in [-0.3, -0.25) is 0 Å². The first-order chi connectivity index (χ1) is 13.2. The number of aromatic hydroxyl groups is 1. The Morgan fingerprint density at radius 3 is 2.70 bits per heavy atom. The number of unbranched alkanes of at least 4 members (excludes halogenated alkanes) is 1. The van der Waals surface area contributed by atoms with Crippen molar-refractivity contribution in [3.63, 3.8) is 0 Å². The molecule has 8 heteroatoms. The number of thioether (sulfide) groups is 1. The van der Waals surface area contributed by atoms with Crippen molar-refractivity contribution in [2.24, 2.45) is 10.1 Å². The van der Waals surface area contributed by atoms with Crippen LogP contribution in [0.25, 0.3) is 0 Å². The SMILES string of the molecule is CCCC[n+]1c(CC)nn2c1N=C1SC(CC)=NN1C2c1ccccc1O. The van der Waals surface area contributed by atoms with E-state index < -0.39 is 0 Å². The lowest BCUT2D eigenvalue weighted by Crippen LogP contribution is -2.40. The van der Waals surface area contributed by atoms with Crippen LogP contribution in [-0.2, 0) is 13.0 Å². The van der Waals surface area contributed by atoms with Crippen LogP contribution in [-0.4, -0.2) is 30.1 Å². The second kappa shape index (κ2) is 7.34. The van der Waals surface area contributed by atoms with E-state index in [4.69, 9.17) is 15.2 Å². The van der Waals surface area contributed by atoms with Crippen LogP contribution in [0.4, 0.5) is 5.95 Å². The summed E-state index contributed by atoms with van der Waals surface area (Å²) < 4.78 is 4.13. The summed E-state index contributed by atoms with van der Waals surface area (Å²) in [6.07, 6.45) is 3.55. The van der Waals surface area contributed by atoms with Gasteiger partial charge in [-0.25, -0.2) is 4.57 Å². The number of amidine groups is 1.